The number of pyridine rings is 1. The summed E-state index contributed by atoms with van der Waals surface area (Å²) in [6.45, 7) is 8.27. The zero-order chi connectivity index (χ0) is 13.7. The van der Waals surface area contributed by atoms with Crippen LogP contribution in [-0.2, 0) is 13.0 Å². The lowest BCUT2D eigenvalue weighted by atomic mass is 10.2. The van der Waals surface area contributed by atoms with Gasteiger partial charge < -0.3 is 5.32 Å². The fourth-order valence-electron chi connectivity index (χ4n) is 1.98. The van der Waals surface area contributed by atoms with Crippen molar-refractivity contribution in [1.82, 2.24) is 20.1 Å². The Hall–Kier alpha value is -1.68. The van der Waals surface area contributed by atoms with Crippen LogP contribution in [0.1, 0.15) is 37.1 Å². The summed E-state index contributed by atoms with van der Waals surface area (Å²) in [5.74, 6) is 0.903. The maximum Gasteiger partial charge on any atom is 0.153 e. The van der Waals surface area contributed by atoms with Crippen LogP contribution in [0.15, 0.2) is 24.5 Å². The highest BCUT2D eigenvalue weighted by molar-refractivity contribution is 5.31. The topological polar surface area (TPSA) is 42.7 Å². The van der Waals surface area contributed by atoms with E-state index in [0.717, 1.165) is 43.0 Å². The van der Waals surface area contributed by atoms with E-state index in [2.05, 4.69) is 41.4 Å². The molecule has 0 aliphatic heterocycles. The summed E-state index contributed by atoms with van der Waals surface area (Å²) in [7, 11) is 0. The largest absolute Gasteiger partial charge is 0.313 e. The molecule has 0 radical (unpaired) electrons. The summed E-state index contributed by atoms with van der Waals surface area (Å²) >= 11 is 0. The number of rotatable bonds is 6. The first-order valence-corrected chi connectivity index (χ1v) is 6.95. The monoisotopic (exact) mass is 258 g/mol. The molecule has 2 heterocycles. The molecule has 19 heavy (non-hydrogen) atoms. The molecular formula is C15H22N4. The molecule has 4 heteroatoms. The summed E-state index contributed by atoms with van der Waals surface area (Å²) < 4.78 is 1.85. The van der Waals surface area contributed by atoms with Crippen LogP contribution in [0.4, 0.5) is 0 Å². The van der Waals surface area contributed by atoms with Crippen LogP contribution in [0.5, 0.6) is 0 Å². The minimum absolute atomic E-state index is 0.886. The van der Waals surface area contributed by atoms with E-state index < -0.39 is 0 Å². The Labute approximate surface area is 114 Å². The second-order valence-electron chi connectivity index (χ2n) is 4.82. The van der Waals surface area contributed by atoms with Gasteiger partial charge in [-0.1, -0.05) is 13.8 Å². The van der Waals surface area contributed by atoms with Crippen molar-refractivity contribution in [3.8, 4) is 5.82 Å². The Kier molecular flexibility index (Phi) is 4.68. The molecule has 2 rings (SSSR count). The van der Waals surface area contributed by atoms with Crippen LogP contribution in [0.2, 0.25) is 0 Å². The van der Waals surface area contributed by atoms with Crippen molar-refractivity contribution in [3.05, 3.63) is 41.3 Å². The number of nitrogens with zero attached hydrogens (tertiary/aromatic N) is 3. The standard InChI is InChI=1S/C15H22N4/c1-4-6-16-10-13-7-14(5-2)18-15(8-13)19-11-12(3)9-17-19/h7-9,11,16H,4-6,10H2,1-3H3. The van der Waals surface area contributed by atoms with Crippen LogP contribution in [0.25, 0.3) is 5.82 Å². The van der Waals surface area contributed by atoms with Crippen molar-refractivity contribution < 1.29 is 0 Å². The van der Waals surface area contributed by atoms with Gasteiger partial charge >= 0.3 is 0 Å². The molecule has 0 spiro atoms. The molecule has 2 aromatic rings. The smallest absolute Gasteiger partial charge is 0.153 e. The molecule has 0 atom stereocenters. The Morgan fingerprint density at radius 3 is 2.74 bits per heavy atom. The van der Waals surface area contributed by atoms with Gasteiger partial charge in [-0.2, -0.15) is 5.10 Å². The Morgan fingerprint density at radius 2 is 2.11 bits per heavy atom. The molecule has 0 aliphatic carbocycles. The summed E-state index contributed by atoms with van der Waals surface area (Å²) in [6.07, 6.45) is 5.95. The SMILES string of the molecule is CCCNCc1cc(CC)nc(-n2cc(C)cn2)c1. The second kappa shape index (κ2) is 6.48. The summed E-state index contributed by atoms with van der Waals surface area (Å²) in [5, 5.41) is 7.76. The van der Waals surface area contributed by atoms with Crippen molar-refractivity contribution in [1.29, 1.82) is 0 Å². The molecule has 0 aromatic carbocycles. The van der Waals surface area contributed by atoms with E-state index in [0.29, 0.717) is 0 Å². The highest BCUT2D eigenvalue weighted by atomic mass is 15.3. The lowest BCUT2D eigenvalue weighted by molar-refractivity contribution is 0.672. The van der Waals surface area contributed by atoms with Crippen LogP contribution >= 0.6 is 0 Å². The van der Waals surface area contributed by atoms with Crippen LogP contribution in [0, 0.1) is 6.92 Å². The summed E-state index contributed by atoms with van der Waals surface area (Å²) in [5.41, 5.74) is 3.52. The average Bonchev–Trinajstić information content (AvgIpc) is 2.85. The van der Waals surface area contributed by atoms with Gasteiger partial charge in [0.15, 0.2) is 5.82 Å². The van der Waals surface area contributed by atoms with Crippen LogP contribution < -0.4 is 5.32 Å². The number of nitrogens with one attached hydrogen (secondary N) is 1. The maximum atomic E-state index is 4.64. The predicted octanol–water partition coefficient (Wildman–Crippen LogP) is 2.64. The van der Waals surface area contributed by atoms with E-state index in [1.807, 2.05) is 24.0 Å². The number of aromatic nitrogens is 3. The minimum Gasteiger partial charge on any atom is -0.313 e. The summed E-state index contributed by atoms with van der Waals surface area (Å²) in [6, 6.07) is 4.27. The van der Waals surface area contributed by atoms with Crippen molar-refractivity contribution in [2.45, 2.75) is 40.2 Å². The third-order valence-electron chi connectivity index (χ3n) is 2.99. The van der Waals surface area contributed by atoms with Gasteiger partial charge in [0.25, 0.3) is 0 Å². The van der Waals surface area contributed by atoms with Crippen LogP contribution in [-0.4, -0.2) is 21.3 Å². The molecule has 4 nitrogen and oxygen atoms in total. The molecule has 0 bridgehead atoms. The molecule has 0 saturated heterocycles. The third kappa shape index (κ3) is 3.64. The first kappa shape index (κ1) is 13.7. The van der Waals surface area contributed by atoms with Gasteiger partial charge in [-0.15, -0.1) is 0 Å². The van der Waals surface area contributed by atoms with Gasteiger partial charge in [-0.25, -0.2) is 9.67 Å². The van der Waals surface area contributed by atoms with Gasteiger partial charge in [-0.05, 0) is 49.6 Å². The lowest BCUT2D eigenvalue weighted by Crippen LogP contribution is -2.15. The van der Waals surface area contributed by atoms with Gasteiger partial charge in [0.2, 0.25) is 0 Å². The normalized spacial score (nSPS) is 10.9. The van der Waals surface area contributed by atoms with E-state index in [-0.39, 0.29) is 0 Å². The molecule has 0 amide bonds. The molecule has 0 aliphatic rings. The molecule has 0 saturated carbocycles. The molecule has 2 aromatic heterocycles. The zero-order valence-electron chi connectivity index (χ0n) is 12.0. The Bertz CT molecular complexity index is 531. The summed E-state index contributed by atoms with van der Waals surface area (Å²) in [4.78, 5) is 4.64. The molecular weight excluding hydrogens is 236 g/mol. The van der Waals surface area contributed by atoms with E-state index in [1.54, 1.807) is 0 Å². The first-order valence-electron chi connectivity index (χ1n) is 6.95. The van der Waals surface area contributed by atoms with Gasteiger partial charge in [0, 0.05) is 18.4 Å². The average molecular weight is 258 g/mol. The fourth-order valence-corrected chi connectivity index (χ4v) is 1.98. The predicted molar refractivity (Wildman–Crippen MR) is 77.5 cm³/mol. The quantitative estimate of drug-likeness (QED) is 0.810. The van der Waals surface area contributed by atoms with Crippen LogP contribution in [0.3, 0.4) is 0 Å². The lowest BCUT2D eigenvalue weighted by Gasteiger charge is -2.09. The van der Waals surface area contributed by atoms with Gasteiger partial charge in [0.1, 0.15) is 0 Å². The Balaban J connectivity index is 2.25. The van der Waals surface area contributed by atoms with Crippen molar-refractivity contribution >= 4 is 0 Å². The Morgan fingerprint density at radius 1 is 1.26 bits per heavy atom. The van der Waals surface area contributed by atoms with Crippen molar-refractivity contribution in [3.63, 3.8) is 0 Å². The highest BCUT2D eigenvalue weighted by Crippen LogP contribution is 2.11. The number of hydrogen-bond acceptors (Lipinski definition) is 3. The molecule has 0 fully saturated rings. The highest BCUT2D eigenvalue weighted by Gasteiger charge is 2.05. The molecule has 1 N–H and O–H groups in total. The van der Waals surface area contributed by atoms with E-state index in [4.69, 9.17) is 0 Å². The number of hydrogen-bond donors (Lipinski definition) is 1. The maximum absolute atomic E-state index is 4.64. The van der Waals surface area contributed by atoms with Gasteiger partial charge in [0.05, 0.1) is 6.20 Å². The first-order chi connectivity index (χ1) is 9.22. The molecule has 102 valence electrons. The van der Waals surface area contributed by atoms with E-state index >= 15 is 0 Å². The second-order valence-corrected chi connectivity index (χ2v) is 4.82. The van der Waals surface area contributed by atoms with Crippen molar-refractivity contribution in [2.75, 3.05) is 6.54 Å². The zero-order valence-corrected chi connectivity index (χ0v) is 12.0. The van der Waals surface area contributed by atoms with Crippen molar-refractivity contribution in [2.24, 2.45) is 0 Å². The minimum atomic E-state index is 0.886. The third-order valence-corrected chi connectivity index (χ3v) is 2.99. The fraction of sp³-hybridized carbons (Fsp3) is 0.467. The molecule has 0 unspecified atom stereocenters. The number of aryl methyl sites for hydroxylation is 2. The van der Waals surface area contributed by atoms with E-state index in [1.165, 1.54) is 5.56 Å². The van der Waals surface area contributed by atoms with Gasteiger partial charge in [-0.3, -0.25) is 0 Å². The van der Waals surface area contributed by atoms with E-state index in [9.17, 15) is 0 Å².